The summed E-state index contributed by atoms with van der Waals surface area (Å²) in [5.41, 5.74) is 4.85. The van der Waals surface area contributed by atoms with Gasteiger partial charge in [0.2, 0.25) is 0 Å². The van der Waals surface area contributed by atoms with Crippen LogP contribution in [0.2, 0.25) is 0 Å². The van der Waals surface area contributed by atoms with Crippen LogP contribution in [0.4, 0.5) is 11.4 Å². The SMILES string of the molecule is CN1c2cnccc2NC(c2ccccc2)C1c1ccccc1. The van der Waals surface area contributed by atoms with E-state index in [2.05, 4.69) is 82.9 Å². The molecule has 2 aromatic carbocycles. The van der Waals surface area contributed by atoms with Gasteiger partial charge in [-0.05, 0) is 17.2 Å². The first kappa shape index (κ1) is 13.8. The zero-order valence-corrected chi connectivity index (χ0v) is 13.1. The summed E-state index contributed by atoms with van der Waals surface area (Å²) in [6, 6.07) is 23.7. The van der Waals surface area contributed by atoms with Gasteiger partial charge in [0.05, 0.1) is 29.7 Å². The monoisotopic (exact) mass is 301 g/mol. The summed E-state index contributed by atoms with van der Waals surface area (Å²) >= 11 is 0. The van der Waals surface area contributed by atoms with Crippen molar-refractivity contribution < 1.29 is 0 Å². The average Bonchev–Trinajstić information content (AvgIpc) is 2.63. The molecule has 0 saturated carbocycles. The number of hydrogen-bond acceptors (Lipinski definition) is 3. The Balaban J connectivity index is 1.85. The van der Waals surface area contributed by atoms with E-state index in [0.717, 1.165) is 11.4 Å². The molecule has 1 aliphatic rings. The fraction of sp³-hybridized carbons (Fsp3) is 0.150. The lowest BCUT2D eigenvalue weighted by Gasteiger charge is -2.43. The third-order valence-corrected chi connectivity index (χ3v) is 4.52. The first-order valence-electron chi connectivity index (χ1n) is 7.88. The van der Waals surface area contributed by atoms with Gasteiger partial charge in [-0.2, -0.15) is 0 Å². The summed E-state index contributed by atoms with van der Waals surface area (Å²) in [5.74, 6) is 0. The molecule has 3 aromatic rings. The van der Waals surface area contributed by atoms with Crippen molar-refractivity contribution in [1.29, 1.82) is 0 Å². The molecule has 1 N–H and O–H groups in total. The Kier molecular flexibility index (Phi) is 3.46. The van der Waals surface area contributed by atoms with Crippen LogP contribution in [0.25, 0.3) is 0 Å². The number of nitrogens with zero attached hydrogens (tertiary/aromatic N) is 2. The topological polar surface area (TPSA) is 28.2 Å². The number of anilines is 2. The van der Waals surface area contributed by atoms with Crippen molar-refractivity contribution in [1.82, 2.24) is 4.98 Å². The fourth-order valence-electron chi connectivity index (χ4n) is 3.40. The summed E-state index contributed by atoms with van der Waals surface area (Å²) in [6.45, 7) is 0. The highest BCUT2D eigenvalue weighted by Gasteiger charge is 2.34. The molecule has 0 saturated heterocycles. The van der Waals surface area contributed by atoms with Crippen molar-refractivity contribution in [2.24, 2.45) is 0 Å². The molecule has 0 amide bonds. The van der Waals surface area contributed by atoms with Gasteiger partial charge in [0, 0.05) is 13.2 Å². The van der Waals surface area contributed by atoms with Crippen molar-refractivity contribution in [2.45, 2.75) is 12.1 Å². The predicted octanol–water partition coefficient (Wildman–Crippen LogP) is 4.43. The quantitative estimate of drug-likeness (QED) is 0.759. The van der Waals surface area contributed by atoms with E-state index < -0.39 is 0 Å². The molecule has 2 heterocycles. The van der Waals surface area contributed by atoms with E-state index in [1.54, 1.807) is 0 Å². The highest BCUT2D eigenvalue weighted by Crippen LogP contribution is 2.45. The third-order valence-electron chi connectivity index (χ3n) is 4.52. The average molecular weight is 301 g/mol. The van der Waals surface area contributed by atoms with E-state index in [1.165, 1.54) is 11.1 Å². The molecular formula is C20H19N3. The van der Waals surface area contributed by atoms with Crippen molar-refractivity contribution >= 4 is 11.4 Å². The van der Waals surface area contributed by atoms with E-state index in [9.17, 15) is 0 Å². The van der Waals surface area contributed by atoms with E-state index >= 15 is 0 Å². The Labute approximate surface area is 136 Å². The molecule has 0 fully saturated rings. The summed E-state index contributed by atoms with van der Waals surface area (Å²) in [7, 11) is 2.15. The molecule has 0 bridgehead atoms. The number of likely N-dealkylation sites (N-methyl/N-ethyl adjacent to an activating group) is 1. The maximum Gasteiger partial charge on any atom is 0.0791 e. The van der Waals surface area contributed by atoms with Gasteiger partial charge in [0.1, 0.15) is 0 Å². The second-order valence-corrected chi connectivity index (χ2v) is 5.89. The second-order valence-electron chi connectivity index (χ2n) is 5.89. The van der Waals surface area contributed by atoms with Crippen LogP contribution in [0.15, 0.2) is 79.1 Å². The number of pyridine rings is 1. The van der Waals surface area contributed by atoms with Gasteiger partial charge >= 0.3 is 0 Å². The lowest BCUT2D eigenvalue weighted by molar-refractivity contribution is 0.559. The summed E-state index contributed by atoms with van der Waals surface area (Å²) < 4.78 is 0. The van der Waals surface area contributed by atoms with Crippen LogP contribution < -0.4 is 10.2 Å². The van der Waals surface area contributed by atoms with E-state index in [4.69, 9.17) is 0 Å². The molecule has 2 unspecified atom stereocenters. The molecule has 0 spiro atoms. The molecular weight excluding hydrogens is 282 g/mol. The maximum atomic E-state index is 4.29. The van der Waals surface area contributed by atoms with Gasteiger partial charge in [-0.1, -0.05) is 60.7 Å². The first-order chi connectivity index (χ1) is 11.3. The Bertz CT molecular complexity index is 786. The normalized spacial score (nSPS) is 19.8. The Hall–Kier alpha value is -2.81. The Morgan fingerprint density at radius 2 is 1.52 bits per heavy atom. The molecule has 0 aliphatic carbocycles. The van der Waals surface area contributed by atoms with Crippen LogP contribution >= 0.6 is 0 Å². The minimum Gasteiger partial charge on any atom is -0.374 e. The van der Waals surface area contributed by atoms with Gasteiger partial charge in [0.25, 0.3) is 0 Å². The highest BCUT2D eigenvalue weighted by atomic mass is 15.2. The van der Waals surface area contributed by atoms with Crippen LogP contribution in [-0.2, 0) is 0 Å². The fourth-order valence-corrected chi connectivity index (χ4v) is 3.40. The number of aromatic nitrogens is 1. The zero-order chi connectivity index (χ0) is 15.6. The molecule has 3 nitrogen and oxygen atoms in total. The lowest BCUT2D eigenvalue weighted by atomic mass is 9.89. The zero-order valence-electron chi connectivity index (χ0n) is 13.1. The molecule has 1 aliphatic heterocycles. The summed E-state index contributed by atoms with van der Waals surface area (Å²) in [5, 5.41) is 3.71. The van der Waals surface area contributed by atoms with Gasteiger partial charge in [-0.3, -0.25) is 4.98 Å². The second kappa shape index (κ2) is 5.76. The van der Waals surface area contributed by atoms with Crippen LogP contribution in [0, 0.1) is 0 Å². The third kappa shape index (κ3) is 2.44. The largest absolute Gasteiger partial charge is 0.374 e. The van der Waals surface area contributed by atoms with Gasteiger partial charge < -0.3 is 10.2 Å². The number of fused-ring (bicyclic) bond motifs is 1. The van der Waals surface area contributed by atoms with Crippen LogP contribution in [0.3, 0.4) is 0 Å². The minimum atomic E-state index is 0.193. The minimum absolute atomic E-state index is 0.193. The molecule has 3 heteroatoms. The van der Waals surface area contributed by atoms with Crippen LogP contribution in [0.1, 0.15) is 23.2 Å². The summed E-state index contributed by atoms with van der Waals surface area (Å²) in [4.78, 5) is 6.62. The summed E-state index contributed by atoms with van der Waals surface area (Å²) in [6.07, 6.45) is 3.77. The highest BCUT2D eigenvalue weighted by molar-refractivity contribution is 5.73. The van der Waals surface area contributed by atoms with E-state index in [0.29, 0.717) is 0 Å². The number of benzene rings is 2. The molecule has 4 rings (SSSR count). The van der Waals surface area contributed by atoms with Crippen molar-refractivity contribution in [3.05, 3.63) is 90.3 Å². The number of nitrogens with one attached hydrogen (secondary N) is 1. The lowest BCUT2D eigenvalue weighted by Crippen LogP contribution is -2.37. The molecule has 114 valence electrons. The van der Waals surface area contributed by atoms with Crippen molar-refractivity contribution in [2.75, 3.05) is 17.3 Å². The van der Waals surface area contributed by atoms with E-state index in [1.807, 2.05) is 18.5 Å². The standard InChI is InChI=1S/C20H19N3/c1-23-18-14-21-13-12-17(18)22-19(15-8-4-2-5-9-15)20(23)16-10-6-3-7-11-16/h2-14,19-20,22H,1H3. The molecule has 23 heavy (non-hydrogen) atoms. The first-order valence-corrected chi connectivity index (χ1v) is 7.88. The van der Waals surface area contributed by atoms with Crippen LogP contribution in [0.5, 0.6) is 0 Å². The van der Waals surface area contributed by atoms with E-state index in [-0.39, 0.29) is 12.1 Å². The number of hydrogen-bond donors (Lipinski definition) is 1. The smallest absolute Gasteiger partial charge is 0.0791 e. The van der Waals surface area contributed by atoms with Gasteiger partial charge in [-0.25, -0.2) is 0 Å². The Morgan fingerprint density at radius 1 is 0.870 bits per heavy atom. The van der Waals surface area contributed by atoms with Gasteiger partial charge in [-0.15, -0.1) is 0 Å². The van der Waals surface area contributed by atoms with Crippen molar-refractivity contribution in [3.63, 3.8) is 0 Å². The molecule has 1 aromatic heterocycles. The Morgan fingerprint density at radius 3 is 2.22 bits per heavy atom. The number of rotatable bonds is 2. The predicted molar refractivity (Wildman–Crippen MR) is 94.6 cm³/mol. The molecule has 0 radical (unpaired) electrons. The van der Waals surface area contributed by atoms with Gasteiger partial charge in [0.15, 0.2) is 0 Å². The maximum absolute atomic E-state index is 4.29. The molecule has 2 atom stereocenters. The van der Waals surface area contributed by atoms with Crippen molar-refractivity contribution in [3.8, 4) is 0 Å². The van der Waals surface area contributed by atoms with Crippen LogP contribution in [-0.4, -0.2) is 12.0 Å².